The summed E-state index contributed by atoms with van der Waals surface area (Å²) >= 11 is 0. The fourth-order valence-corrected chi connectivity index (χ4v) is 7.13. The molecule has 2 unspecified atom stereocenters. The fourth-order valence-electron chi connectivity index (χ4n) is 3.63. The molecule has 0 saturated carbocycles. The van der Waals surface area contributed by atoms with Crippen molar-refractivity contribution in [2.75, 3.05) is 5.75 Å². The topological polar surface area (TPSA) is 109 Å². The zero-order valence-electron chi connectivity index (χ0n) is 13.9. The van der Waals surface area contributed by atoms with E-state index in [2.05, 4.69) is 0 Å². The fraction of sp³-hybridized carbons (Fsp3) is 1.00. The van der Waals surface area contributed by atoms with Crippen LogP contribution in [0.1, 0.15) is 66.2 Å². The van der Waals surface area contributed by atoms with Gasteiger partial charge in [0.05, 0.1) is 5.75 Å². The molecule has 0 aromatic rings. The lowest BCUT2D eigenvalue weighted by Crippen LogP contribution is -2.56. The molecule has 0 aromatic carbocycles. The molecule has 6 nitrogen and oxygen atoms in total. The van der Waals surface area contributed by atoms with Gasteiger partial charge in [0, 0.05) is 0 Å². The molecule has 0 aliphatic carbocycles. The molecular formula is C14H30O6S2. The van der Waals surface area contributed by atoms with Crippen LogP contribution in [0.3, 0.4) is 0 Å². The van der Waals surface area contributed by atoms with Gasteiger partial charge in [-0.05, 0) is 24.7 Å². The van der Waals surface area contributed by atoms with E-state index in [1.165, 1.54) is 0 Å². The van der Waals surface area contributed by atoms with Crippen LogP contribution in [-0.4, -0.2) is 36.4 Å². The van der Waals surface area contributed by atoms with Gasteiger partial charge in [-0.1, -0.05) is 53.4 Å². The van der Waals surface area contributed by atoms with Gasteiger partial charge in [-0.15, -0.1) is 0 Å². The van der Waals surface area contributed by atoms with Crippen LogP contribution in [-0.2, 0) is 20.2 Å². The zero-order chi connectivity index (χ0) is 17.6. The summed E-state index contributed by atoms with van der Waals surface area (Å²) in [6.07, 6.45) is 3.14. The van der Waals surface area contributed by atoms with E-state index in [9.17, 15) is 25.9 Å². The average molecular weight is 359 g/mol. The van der Waals surface area contributed by atoms with E-state index in [1.807, 2.05) is 13.8 Å². The molecule has 0 rings (SSSR count). The summed E-state index contributed by atoms with van der Waals surface area (Å²) in [7, 11) is -9.22. The van der Waals surface area contributed by atoms with Crippen LogP contribution in [0, 0.1) is 11.8 Å². The van der Waals surface area contributed by atoms with Crippen LogP contribution in [0.4, 0.5) is 0 Å². The average Bonchev–Trinajstić information content (AvgIpc) is 2.37. The SMILES string of the molecule is CCCC(CC)C(CS(=O)(=O)O)(C(CC)CCC)S(=O)(=O)O. The van der Waals surface area contributed by atoms with Crippen molar-refractivity contribution in [3.05, 3.63) is 0 Å². The molecule has 0 radical (unpaired) electrons. The smallest absolute Gasteiger partial charge is 0.272 e. The highest BCUT2D eigenvalue weighted by Gasteiger charge is 2.55. The summed E-state index contributed by atoms with van der Waals surface area (Å²) in [6, 6.07) is 0. The quantitative estimate of drug-likeness (QED) is 0.549. The summed E-state index contributed by atoms with van der Waals surface area (Å²) in [4.78, 5) is 0. The third kappa shape index (κ3) is 5.18. The molecule has 0 spiro atoms. The molecule has 0 aliphatic heterocycles. The van der Waals surface area contributed by atoms with Gasteiger partial charge in [-0.2, -0.15) is 16.8 Å². The Labute approximate surface area is 135 Å². The van der Waals surface area contributed by atoms with Crippen LogP contribution in [0.2, 0.25) is 0 Å². The first-order chi connectivity index (χ1) is 10.00. The maximum atomic E-state index is 12.3. The minimum absolute atomic E-state index is 0.420. The van der Waals surface area contributed by atoms with Gasteiger partial charge in [0.15, 0.2) is 0 Å². The van der Waals surface area contributed by atoms with Crippen LogP contribution >= 0.6 is 0 Å². The van der Waals surface area contributed by atoms with E-state index in [1.54, 1.807) is 13.8 Å². The van der Waals surface area contributed by atoms with Gasteiger partial charge < -0.3 is 0 Å². The van der Waals surface area contributed by atoms with Crippen molar-refractivity contribution >= 4 is 20.2 Å². The second-order valence-electron chi connectivity index (χ2n) is 5.94. The summed E-state index contributed by atoms with van der Waals surface area (Å²) in [5.41, 5.74) is 0. The minimum atomic E-state index is -4.67. The number of hydrogen-bond donors (Lipinski definition) is 2. The minimum Gasteiger partial charge on any atom is -0.285 e. The predicted molar refractivity (Wildman–Crippen MR) is 88.1 cm³/mol. The normalized spacial score (nSPS) is 18.6. The summed E-state index contributed by atoms with van der Waals surface area (Å²) in [5, 5.41) is 0. The van der Waals surface area contributed by atoms with E-state index >= 15 is 0 Å². The Morgan fingerprint density at radius 3 is 1.36 bits per heavy atom. The molecule has 0 amide bonds. The molecule has 0 fully saturated rings. The lowest BCUT2D eigenvalue weighted by Gasteiger charge is -2.42. The Hall–Kier alpha value is -0.180. The largest absolute Gasteiger partial charge is 0.285 e. The highest BCUT2D eigenvalue weighted by molar-refractivity contribution is 7.90. The van der Waals surface area contributed by atoms with Gasteiger partial charge in [0.25, 0.3) is 20.2 Å². The summed E-state index contributed by atoms with van der Waals surface area (Å²) < 4.78 is 65.0. The first kappa shape index (κ1) is 21.8. The highest BCUT2D eigenvalue weighted by atomic mass is 32.2. The van der Waals surface area contributed by atoms with Crippen LogP contribution < -0.4 is 0 Å². The van der Waals surface area contributed by atoms with Gasteiger partial charge in [-0.25, -0.2) is 0 Å². The van der Waals surface area contributed by atoms with E-state index in [0.717, 1.165) is 0 Å². The van der Waals surface area contributed by atoms with Gasteiger partial charge >= 0.3 is 0 Å². The first-order valence-electron chi connectivity index (χ1n) is 7.92. The van der Waals surface area contributed by atoms with Crippen molar-refractivity contribution in [1.29, 1.82) is 0 Å². The van der Waals surface area contributed by atoms with Crippen LogP contribution in [0.15, 0.2) is 0 Å². The van der Waals surface area contributed by atoms with Crippen molar-refractivity contribution < 1.29 is 25.9 Å². The maximum absolute atomic E-state index is 12.3. The molecule has 8 heteroatoms. The number of rotatable bonds is 11. The second kappa shape index (κ2) is 8.61. The Balaban J connectivity index is 6.38. The molecule has 0 saturated heterocycles. The highest BCUT2D eigenvalue weighted by Crippen LogP contribution is 2.43. The lowest BCUT2D eigenvalue weighted by atomic mass is 9.75. The van der Waals surface area contributed by atoms with Crippen molar-refractivity contribution in [3.63, 3.8) is 0 Å². The maximum Gasteiger partial charge on any atom is 0.272 e. The second-order valence-corrected chi connectivity index (χ2v) is 9.11. The van der Waals surface area contributed by atoms with Crippen molar-refractivity contribution in [3.8, 4) is 0 Å². The molecular weight excluding hydrogens is 328 g/mol. The monoisotopic (exact) mass is 358 g/mol. The number of hydrogen-bond acceptors (Lipinski definition) is 4. The van der Waals surface area contributed by atoms with Crippen molar-refractivity contribution in [2.24, 2.45) is 11.8 Å². The molecule has 22 heavy (non-hydrogen) atoms. The Bertz CT molecular complexity index is 510. The van der Waals surface area contributed by atoms with Gasteiger partial charge in [0.2, 0.25) is 0 Å². The molecule has 0 aromatic heterocycles. The third-order valence-corrected chi connectivity index (χ3v) is 7.33. The van der Waals surface area contributed by atoms with Crippen LogP contribution in [0.5, 0.6) is 0 Å². The summed E-state index contributed by atoms with van der Waals surface area (Å²) in [6.45, 7) is 7.32. The van der Waals surface area contributed by atoms with Gasteiger partial charge in [0.1, 0.15) is 4.75 Å². The summed E-state index contributed by atoms with van der Waals surface area (Å²) in [5.74, 6) is -1.99. The molecule has 0 aliphatic rings. The Morgan fingerprint density at radius 1 is 0.818 bits per heavy atom. The molecule has 2 atom stereocenters. The van der Waals surface area contributed by atoms with E-state index in [4.69, 9.17) is 0 Å². The van der Waals surface area contributed by atoms with Crippen molar-refractivity contribution in [1.82, 2.24) is 0 Å². The molecule has 2 N–H and O–H groups in total. The predicted octanol–water partition coefficient (Wildman–Crippen LogP) is 3.15. The van der Waals surface area contributed by atoms with E-state index in [-0.39, 0.29) is 0 Å². The Kier molecular flexibility index (Phi) is 8.54. The molecule has 134 valence electrons. The molecule has 0 heterocycles. The van der Waals surface area contributed by atoms with E-state index < -0.39 is 42.6 Å². The first-order valence-corrected chi connectivity index (χ1v) is 11.0. The zero-order valence-corrected chi connectivity index (χ0v) is 15.6. The van der Waals surface area contributed by atoms with Gasteiger partial charge in [-0.3, -0.25) is 9.11 Å². The Morgan fingerprint density at radius 2 is 1.18 bits per heavy atom. The van der Waals surface area contributed by atoms with Crippen LogP contribution in [0.25, 0.3) is 0 Å². The van der Waals surface area contributed by atoms with Crippen molar-refractivity contribution in [2.45, 2.75) is 71.0 Å². The molecule has 0 bridgehead atoms. The third-order valence-electron chi connectivity index (χ3n) is 4.53. The van der Waals surface area contributed by atoms with E-state index in [0.29, 0.717) is 38.5 Å². The lowest BCUT2D eigenvalue weighted by molar-refractivity contribution is 0.216. The standard InChI is InChI=1S/C14H30O6S2/c1-5-9-12(7-3)14(22(18,19)20,11-21(15,16)17)13(8-4)10-6-2/h12-13H,5-11H2,1-4H3,(H,15,16,17)(H,18,19,20).